The Labute approximate surface area is 128 Å². The van der Waals surface area contributed by atoms with Crippen LogP contribution in [0, 0.1) is 0 Å². The minimum atomic E-state index is -0.144. The molecular formula is C15H18N4O3. The summed E-state index contributed by atoms with van der Waals surface area (Å²) in [5, 5.41) is 5.78. The van der Waals surface area contributed by atoms with E-state index in [1.165, 1.54) is 12.0 Å². The first-order valence-electron chi connectivity index (χ1n) is 7.15. The highest BCUT2D eigenvalue weighted by Crippen LogP contribution is 2.26. The zero-order chi connectivity index (χ0) is 15.7. The largest absolute Gasteiger partial charge is 0.345 e. The second kappa shape index (κ2) is 5.76. The summed E-state index contributed by atoms with van der Waals surface area (Å²) in [6.07, 6.45) is 5.72. The average Bonchev–Trinajstić information content (AvgIpc) is 3.02. The van der Waals surface area contributed by atoms with Crippen molar-refractivity contribution >= 4 is 17.5 Å². The first-order valence-corrected chi connectivity index (χ1v) is 7.15. The third-order valence-electron chi connectivity index (χ3n) is 3.61. The first-order chi connectivity index (χ1) is 10.6. The van der Waals surface area contributed by atoms with E-state index in [2.05, 4.69) is 11.7 Å². The van der Waals surface area contributed by atoms with Crippen molar-refractivity contribution in [3.05, 3.63) is 36.7 Å². The number of hydrogen-bond acceptors (Lipinski definition) is 4. The van der Waals surface area contributed by atoms with Gasteiger partial charge in [0.2, 0.25) is 0 Å². The Hall–Kier alpha value is -2.41. The molecule has 0 aliphatic carbocycles. The van der Waals surface area contributed by atoms with Crippen molar-refractivity contribution in [3.63, 3.8) is 0 Å². The van der Waals surface area contributed by atoms with Crippen molar-refractivity contribution < 1.29 is 14.4 Å². The third kappa shape index (κ3) is 2.67. The molecule has 0 spiro atoms. The molecule has 3 heterocycles. The van der Waals surface area contributed by atoms with Gasteiger partial charge in [-0.3, -0.25) is 9.63 Å². The fraction of sp³-hybridized carbons (Fsp3) is 0.400. The molecule has 1 fully saturated rings. The van der Waals surface area contributed by atoms with Crippen LogP contribution < -0.4 is 0 Å². The summed E-state index contributed by atoms with van der Waals surface area (Å²) in [6, 6.07) is 1.55. The Morgan fingerprint density at radius 3 is 3.14 bits per heavy atom. The highest BCUT2D eigenvalue weighted by atomic mass is 16.7. The van der Waals surface area contributed by atoms with Gasteiger partial charge in [-0.1, -0.05) is 6.08 Å². The third-order valence-corrected chi connectivity index (χ3v) is 3.61. The number of urea groups is 1. The summed E-state index contributed by atoms with van der Waals surface area (Å²) in [6.45, 7) is 6.51. The van der Waals surface area contributed by atoms with Crippen molar-refractivity contribution in [2.75, 3.05) is 19.7 Å². The van der Waals surface area contributed by atoms with Crippen LogP contribution in [-0.4, -0.2) is 57.3 Å². The van der Waals surface area contributed by atoms with Crippen LogP contribution in [-0.2, 0) is 16.1 Å². The highest BCUT2D eigenvalue weighted by Gasteiger charge is 2.41. The minimum absolute atomic E-state index is 0.0749. The number of carbonyl (C=O) groups is 2. The lowest BCUT2D eigenvalue weighted by atomic mass is 10.2. The Morgan fingerprint density at radius 2 is 2.41 bits per heavy atom. The van der Waals surface area contributed by atoms with E-state index in [0.717, 1.165) is 11.4 Å². The van der Waals surface area contributed by atoms with E-state index >= 15 is 0 Å². The number of Topliss-reactive ketones (excluding diaryl/α,β-unsaturated/α-hetero) is 1. The van der Waals surface area contributed by atoms with Gasteiger partial charge < -0.3 is 4.90 Å². The summed E-state index contributed by atoms with van der Waals surface area (Å²) >= 11 is 0. The average molecular weight is 302 g/mol. The van der Waals surface area contributed by atoms with E-state index in [1.54, 1.807) is 15.7 Å². The van der Waals surface area contributed by atoms with Gasteiger partial charge in [-0.2, -0.15) is 10.2 Å². The van der Waals surface area contributed by atoms with E-state index in [-0.39, 0.29) is 17.9 Å². The Balaban J connectivity index is 1.78. The maximum absolute atomic E-state index is 12.2. The lowest BCUT2D eigenvalue weighted by Gasteiger charge is -2.21. The van der Waals surface area contributed by atoms with E-state index in [0.29, 0.717) is 26.1 Å². The van der Waals surface area contributed by atoms with Crippen molar-refractivity contribution in [1.29, 1.82) is 0 Å². The van der Waals surface area contributed by atoms with Gasteiger partial charge in [-0.25, -0.2) is 9.48 Å². The lowest BCUT2D eigenvalue weighted by Crippen LogP contribution is -2.33. The predicted octanol–water partition coefficient (Wildman–Crippen LogP) is 1.09. The molecule has 1 aromatic rings. The molecule has 0 saturated carbocycles. The molecule has 2 amide bonds. The molecule has 0 radical (unpaired) electrons. The van der Waals surface area contributed by atoms with Crippen LogP contribution in [0.5, 0.6) is 0 Å². The van der Waals surface area contributed by atoms with E-state index in [9.17, 15) is 9.59 Å². The van der Waals surface area contributed by atoms with Crippen molar-refractivity contribution in [1.82, 2.24) is 19.7 Å². The molecule has 1 unspecified atom stereocenters. The molecule has 1 saturated heterocycles. The number of carbonyl (C=O) groups excluding carboxylic acids is 2. The number of hydrogen-bond donors (Lipinski definition) is 0. The first kappa shape index (κ1) is 14.5. The summed E-state index contributed by atoms with van der Waals surface area (Å²) in [5.41, 5.74) is 1.64. The quantitative estimate of drug-likeness (QED) is 0.738. The molecule has 1 atom stereocenters. The van der Waals surface area contributed by atoms with Gasteiger partial charge in [0.25, 0.3) is 0 Å². The highest BCUT2D eigenvalue weighted by molar-refractivity contribution is 5.80. The number of amides is 2. The maximum atomic E-state index is 12.2. The molecule has 2 bridgehead atoms. The molecule has 2 aliphatic rings. The fourth-order valence-electron chi connectivity index (χ4n) is 2.69. The number of aromatic nitrogens is 2. The topological polar surface area (TPSA) is 67.7 Å². The maximum Gasteiger partial charge on any atom is 0.345 e. The van der Waals surface area contributed by atoms with Crippen LogP contribution in [0.3, 0.4) is 0 Å². The van der Waals surface area contributed by atoms with Gasteiger partial charge in [0.05, 0.1) is 37.0 Å². The summed E-state index contributed by atoms with van der Waals surface area (Å²) in [4.78, 5) is 30.5. The molecule has 0 aromatic carbocycles. The van der Waals surface area contributed by atoms with Gasteiger partial charge in [0, 0.05) is 12.7 Å². The lowest BCUT2D eigenvalue weighted by molar-refractivity contribution is -0.116. The predicted molar refractivity (Wildman–Crippen MR) is 79.6 cm³/mol. The molecule has 7 nitrogen and oxygen atoms in total. The van der Waals surface area contributed by atoms with Crippen LogP contribution in [0.15, 0.2) is 31.0 Å². The molecule has 7 heteroatoms. The van der Waals surface area contributed by atoms with E-state index < -0.39 is 0 Å². The zero-order valence-electron chi connectivity index (χ0n) is 12.4. The van der Waals surface area contributed by atoms with Gasteiger partial charge in [0.15, 0.2) is 0 Å². The van der Waals surface area contributed by atoms with Crippen molar-refractivity contribution in [2.24, 2.45) is 0 Å². The normalized spacial score (nSPS) is 20.3. The number of hydroxylamine groups is 2. The SMILES string of the molecule is C=CCON1C(=O)N2CC(n3ccc(CC(C)=O)n3)=CC1C2. The summed E-state index contributed by atoms with van der Waals surface area (Å²) in [5.74, 6) is 0.0749. The Kier molecular flexibility index (Phi) is 3.81. The van der Waals surface area contributed by atoms with Gasteiger partial charge in [-0.05, 0) is 19.1 Å². The number of rotatable bonds is 6. The smallest absolute Gasteiger partial charge is 0.314 e. The van der Waals surface area contributed by atoms with Gasteiger partial charge in [0.1, 0.15) is 5.78 Å². The second-order valence-corrected chi connectivity index (χ2v) is 5.43. The van der Waals surface area contributed by atoms with Crippen LogP contribution in [0.1, 0.15) is 12.6 Å². The Bertz CT molecular complexity index is 649. The van der Waals surface area contributed by atoms with Crippen LogP contribution in [0.4, 0.5) is 4.79 Å². The molecule has 22 heavy (non-hydrogen) atoms. The van der Waals surface area contributed by atoms with Gasteiger partial charge in [-0.15, -0.1) is 6.58 Å². The van der Waals surface area contributed by atoms with E-state index in [1.807, 2.05) is 18.3 Å². The van der Waals surface area contributed by atoms with Crippen LogP contribution >= 0.6 is 0 Å². The monoisotopic (exact) mass is 302 g/mol. The molecule has 1 aromatic heterocycles. The van der Waals surface area contributed by atoms with Crippen LogP contribution in [0.25, 0.3) is 5.70 Å². The second-order valence-electron chi connectivity index (χ2n) is 5.43. The zero-order valence-corrected chi connectivity index (χ0v) is 12.4. The van der Waals surface area contributed by atoms with Crippen LogP contribution in [0.2, 0.25) is 0 Å². The van der Waals surface area contributed by atoms with Gasteiger partial charge >= 0.3 is 6.03 Å². The summed E-state index contributed by atoms with van der Waals surface area (Å²) in [7, 11) is 0. The number of fused-ring (bicyclic) bond motifs is 2. The molecule has 3 rings (SSSR count). The molecule has 2 aliphatic heterocycles. The standard InChI is InChI=1S/C15H18N4O3/c1-3-6-22-19-14-8-13(9-17(10-14)15(19)21)18-5-4-12(16-18)7-11(2)20/h3-5,8,14H,1,6-7,9-10H2,2H3. The molecule has 116 valence electrons. The number of ketones is 1. The molecule has 0 N–H and O–H groups in total. The fourth-order valence-corrected chi connectivity index (χ4v) is 2.69. The van der Waals surface area contributed by atoms with Crippen molar-refractivity contribution in [2.45, 2.75) is 19.4 Å². The molecular weight excluding hydrogens is 284 g/mol. The van der Waals surface area contributed by atoms with Crippen molar-refractivity contribution in [3.8, 4) is 0 Å². The number of nitrogens with zero attached hydrogens (tertiary/aromatic N) is 4. The van der Waals surface area contributed by atoms with E-state index in [4.69, 9.17) is 4.84 Å². The minimum Gasteiger partial charge on any atom is -0.314 e. The summed E-state index contributed by atoms with van der Waals surface area (Å²) < 4.78 is 1.72. The Morgan fingerprint density at radius 1 is 1.59 bits per heavy atom.